The summed E-state index contributed by atoms with van der Waals surface area (Å²) in [6, 6.07) is 1.62. The Kier molecular flexibility index (Phi) is 4.71. The van der Waals surface area contributed by atoms with Crippen molar-refractivity contribution in [1.82, 2.24) is 0 Å². The molecule has 0 unspecified atom stereocenters. The van der Waals surface area contributed by atoms with Gasteiger partial charge in [0.1, 0.15) is 6.61 Å². The lowest BCUT2D eigenvalue weighted by Crippen LogP contribution is -2.16. The number of halogens is 3. The van der Waals surface area contributed by atoms with Gasteiger partial charge in [0, 0.05) is 11.0 Å². The molecule has 3 nitrogen and oxygen atoms in total. The highest BCUT2D eigenvalue weighted by molar-refractivity contribution is 7.10. The topological polar surface area (TPSA) is 46.5 Å². The van der Waals surface area contributed by atoms with Crippen LogP contribution >= 0.6 is 11.3 Å². The van der Waals surface area contributed by atoms with Gasteiger partial charge in [0.25, 0.3) is 0 Å². The van der Waals surface area contributed by atoms with E-state index in [-0.39, 0.29) is 6.61 Å². The molecule has 0 spiro atoms. The number of rotatable bonds is 5. The van der Waals surface area contributed by atoms with E-state index in [0.717, 1.165) is 6.08 Å². The van der Waals surface area contributed by atoms with Crippen LogP contribution in [0.2, 0.25) is 0 Å². The highest BCUT2D eigenvalue weighted by atomic mass is 32.1. The maximum atomic E-state index is 11.8. The molecule has 0 aliphatic heterocycles. The van der Waals surface area contributed by atoms with Crippen molar-refractivity contribution in [2.45, 2.75) is 12.8 Å². The number of carboxylic acid groups (broad SMARTS) is 1. The number of alkyl halides is 3. The lowest BCUT2D eigenvalue weighted by atomic mass is 10.2. The molecule has 1 N–H and O–H groups in total. The second-order valence-electron chi connectivity index (χ2n) is 3.08. The van der Waals surface area contributed by atoms with Crippen molar-refractivity contribution in [2.75, 3.05) is 6.61 Å². The van der Waals surface area contributed by atoms with Crippen LogP contribution in [0.3, 0.4) is 0 Å². The Morgan fingerprint density at radius 1 is 1.53 bits per heavy atom. The minimum atomic E-state index is -4.35. The summed E-state index contributed by atoms with van der Waals surface area (Å²) in [6.45, 7) is -1.50. The Labute approximate surface area is 99.1 Å². The Hall–Kier alpha value is -1.34. The molecule has 0 bridgehead atoms. The third-order valence-electron chi connectivity index (χ3n) is 1.68. The molecule has 94 valence electrons. The van der Waals surface area contributed by atoms with Crippen molar-refractivity contribution < 1.29 is 27.8 Å². The van der Waals surface area contributed by atoms with E-state index in [1.807, 2.05) is 0 Å². The minimum absolute atomic E-state index is 0.184. The van der Waals surface area contributed by atoms with Gasteiger partial charge in [-0.2, -0.15) is 13.2 Å². The van der Waals surface area contributed by atoms with Gasteiger partial charge in [-0.1, -0.05) is 0 Å². The molecule has 0 aliphatic carbocycles. The van der Waals surface area contributed by atoms with Crippen LogP contribution in [0.5, 0.6) is 0 Å². The highest BCUT2D eigenvalue weighted by Crippen LogP contribution is 2.21. The van der Waals surface area contributed by atoms with Gasteiger partial charge in [-0.3, -0.25) is 0 Å². The Morgan fingerprint density at radius 3 is 2.82 bits per heavy atom. The van der Waals surface area contributed by atoms with E-state index in [9.17, 15) is 18.0 Å². The zero-order valence-electron chi connectivity index (χ0n) is 8.53. The third-order valence-corrected chi connectivity index (χ3v) is 2.59. The predicted octanol–water partition coefficient (Wildman–Crippen LogP) is 2.92. The minimum Gasteiger partial charge on any atom is -0.478 e. The van der Waals surface area contributed by atoms with E-state index in [4.69, 9.17) is 5.11 Å². The number of thiophene rings is 1. The largest absolute Gasteiger partial charge is 0.478 e. The van der Waals surface area contributed by atoms with Crippen molar-refractivity contribution >= 4 is 23.4 Å². The summed E-state index contributed by atoms with van der Waals surface area (Å²) in [5.41, 5.74) is 0.555. The van der Waals surface area contributed by atoms with Crippen LogP contribution in [0.1, 0.15) is 10.4 Å². The van der Waals surface area contributed by atoms with Gasteiger partial charge in [0.2, 0.25) is 0 Å². The van der Waals surface area contributed by atoms with E-state index < -0.39 is 18.8 Å². The van der Waals surface area contributed by atoms with E-state index in [1.165, 1.54) is 17.4 Å². The number of ether oxygens (including phenoxy) is 1. The van der Waals surface area contributed by atoms with E-state index >= 15 is 0 Å². The van der Waals surface area contributed by atoms with Gasteiger partial charge in [-0.15, -0.1) is 11.3 Å². The van der Waals surface area contributed by atoms with Gasteiger partial charge >= 0.3 is 12.1 Å². The standard InChI is InChI=1S/C10H9F3O3S/c11-10(12,13)6-16-5-8-7(3-4-17-8)1-2-9(14)15/h1-4H,5-6H2,(H,14,15). The summed E-state index contributed by atoms with van der Waals surface area (Å²) in [5, 5.41) is 10.1. The fourth-order valence-corrected chi connectivity index (χ4v) is 1.84. The molecule has 0 radical (unpaired) electrons. The average Bonchev–Trinajstić information content (AvgIpc) is 2.60. The first kappa shape index (κ1) is 13.7. The van der Waals surface area contributed by atoms with Crippen molar-refractivity contribution in [2.24, 2.45) is 0 Å². The van der Waals surface area contributed by atoms with Crippen LogP contribution in [0.15, 0.2) is 17.5 Å². The Balaban J connectivity index is 2.55. The fraction of sp³-hybridized carbons (Fsp3) is 0.300. The summed E-state index contributed by atoms with van der Waals surface area (Å²) in [6.07, 6.45) is -2.10. The number of carbonyl (C=O) groups is 1. The molecule has 1 aromatic rings. The summed E-state index contributed by atoms with van der Waals surface area (Å²) in [7, 11) is 0. The summed E-state index contributed by atoms with van der Waals surface area (Å²) < 4.78 is 40.0. The van der Waals surface area contributed by atoms with Crippen molar-refractivity contribution in [3.05, 3.63) is 28.0 Å². The maximum Gasteiger partial charge on any atom is 0.411 e. The summed E-state index contributed by atoms with van der Waals surface area (Å²) in [4.78, 5) is 10.8. The molecule has 1 rings (SSSR count). The van der Waals surface area contributed by atoms with E-state index in [1.54, 1.807) is 11.4 Å². The molecule has 0 saturated carbocycles. The molecule has 17 heavy (non-hydrogen) atoms. The molecule has 0 aliphatic rings. The number of carboxylic acids is 1. The molecular formula is C10H9F3O3S. The van der Waals surface area contributed by atoms with E-state index in [0.29, 0.717) is 10.4 Å². The molecule has 0 saturated heterocycles. The first-order valence-electron chi connectivity index (χ1n) is 4.50. The molecule has 0 fully saturated rings. The lowest BCUT2D eigenvalue weighted by molar-refractivity contribution is -0.176. The van der Waals surface area contributed by atoms with Crippen molar-refractivity contribution in [3.63, 3.8) is 0 Å². The van der Waals surface area contributed by atoms with Crippen LogP contribution in [0.25, 0.3) is 6.08 Å². The van der Waals surface area contributed by atoms with Crippen molar-refractivity contribution in [1.29, 1.82) is 0 Å². The maximum absolute atomic E-state index is 11.8. The van der Waals surface area contributed by atoms with Gasteiger partial charge in [-0.25, -0.2) is 4.79 Å². The van der Waals surface area contributed by atoms with Crippen LogP contribution in [-0.2, 0) is 16.1 Å². The smallest absolute Gasteiger partial charge is 0.411 e. The SMILES string of the molecule is O=C(O)C=Cc1ccsc1COCC(F)(F)F. The molecule has 0 atom stereocenters. The zero-order chi connectivity index (χ0) is 12.9. The molecule has 7 heteroatoms. The summed E-state index contributed by atoms with van der Waals surface area (Å²) in [5.74, 6) is -1.11. The average molecular weight is 266 g/mol. The van der Waals surface area contributed by atoms with Gasteiger partial charge in [-0.05, 0) is 23.1 Å². The molecule has 0 amide bonds. The Bertz CT molecular complexity index is 409. The van der Waals surface area contributed by atoms with Crippen LogP contribution in [0.4, 0.5) is 13.2 Å². The lowest BCUT2D eigenvalue weighted by Gasteiger charge is -2.06. The highest BCUT2D eigenvalue weighted by Gasteiger charge is 2.27. The Morgan fingerprint density at radius 2 is 2.24 bits per heavy atom. The fourth-order valence-electron chi connectivity index (χ4n) is 1.04. The quantitative estimate of drug-likeness (QED) is 0.833. The van der Waals surface area contributed by atoms with Crippen LogP contribution in [0, 0.1) is 0 Å². The first-order valence-corrected chi connectivity index (χ1v) is 5.38. The first-order chi connectivity index (χ1) is 7.88. The summed E-state index contributed by atoms with van der Waals surface area (Å²) >= 11 is 1.22. The number of aliphatic carboxylic acids is 1. The van der Waals surface area contributed by atoms with Crippen molar-refractivity contribution in [3.8, 4) is 0 Å². The van der Waals surface area contributed by atoms with Gasteiger partial charge < -0.3 is 9.84 Å². The predicted molar refractivity (Wildman–Crippen MR) is 56.7 cm³/mol. The molecule has 0 aromatic carbocycles. The number of hydrogen-bond donors (Lipinski definition) is 1. The third kappa shape index (κ3) is 5.50. The molecule has 1 aromatic heterocycles. The van der Waals surface area contributed by atoms with Crippen LogP contribution < -0.4 is 0 Å². The zero-order valence-corrected chi connectivity index (χ0v) is 9.35. The second-order valence-corrected chi connectivity index (χ2v) is 4.08. The van der Waals surface area contributed by atoms with E-state index in [2.05, 4.69) is 4.74 Å². The molecule has 1 heterocycles. The normalized spacial score (nSPS) is 12.2. The number of hydrogen-bond acceptors (Lipinski definition) is 3. The molecular weight excluding hydrogens is 257 g/mol. The van der Waals surface area contributed by atoms with Gasteiger partial charge in [0.15, 0.2) is 0 Å². The monoisotopic (exact) mass is 266 g/mol. The van der Waals surface area contributed by atoms with Crippen LogP contribution in [-0.4, -0.2) is 23.9 Å². The van der Waals surface area contributed by atoms with Gasteiger partial charge in [0.05, 0.1) is 6.61 Å². The second kappa shape index (κ2) is 5.83.